The predicted molar refractivity (Wildman–Crippen MR) is 115 cm³/mol. The minimum atomic E-state index is -0.446. The fraction of sp³-hybridized carbons (Fsp3) is 0.273. The highest BCUT2D eigenvalue weighted by molar-refractivity contribution is 5.95. The van der Waals surface area contributed by atoms with Crippen LogP contribution < -0.4 is 15.5 Å². The molecule has 0 atom stereocenters. The average molecular weight is 408 g/mol. The van der Waals surface area contributed by atoms with Crippen molar-refractivity contribution >= 4 is 33.6 Å². The van der Waals surface area contributed by atoms with E-state index in [4.69, 9.17) is 0 Å². The fourth-order valence-electron chi connectivity index (χ4n) is 3.99. The molecule has 6 nitrogen and oxygen atoms in total. The number of pyridine rings is 2. The van der Waals surface area contributed by atoms with Gasteiger partial charge in [0.1, 0.15) is 11.6 Å². The number of aromatic nitrogens is 3. The molecule has 0 bridgehead atoms. The molecule has 0 spiro atoms. The Morgan fingerprint density at radius 2 is 1.87 bits per heavy atom. The summed E-state index contributed by atoms with van der Waals surface area (Å²) in [5, 5.41) is 7.53. The van der Waals surface area contributed by atoms with Crippen LogP contribution >= 0.6 is 0 Å². The number of imidazole rings is 1. The molecule has 0 amide bonds. The van der Waals surface area contributed by atoms with Gasteiger partial charge in [-0.1, -0.05) is 0 Å². The molecule has 1 aliphatic heterocycles. The average Bonchev–Trinajstić information content (AvgIpc) is 3.03. The lowest BCUT2D eigenvalue weighted by atomic mass is 10.1. The van der Waals surface area contributed by atoms with Gasteiger partial charge in [-0.2, -0.15) is 0 Å². The Morgan fingerprint density at radius 3 is 2.67 bits per heavy atom. The van der Waals surface area contributed by atoms with Crippen molar-refractivity contribution in [3.05, 3.63) is 59.7 Å². The van der Waals surface area contributed by atoms with E-state index in [0.29, 0.717) is 16.9 Å². The van der Waals surface area contributed by atoms with E-state index in [1.807, 2.05) is 19.9 Å². The van der Waals surface area contributed by atoms with Crippen LogP contribution in [0.1, 0.15) is 11.4 Å². The van der Waals surface area contributed by atoms with Gasteiger partial charge in [-0.3, -0.25) is 4.40 Å². The van der Waals surface area contributed by atoms with Crippen LogP contribution in [0.3, 0.4) is 0 Å². The van der Waals surface area contributed by atoms with Gasteiger partial charge in [0.2, 0.25) is 0 Å². The van der Waals surface area contributed by atoms with Gasteiger partial charge in [0.05, 0.1) is 16.8 Å². The second-order valence-electron chi connectivity index (χ2n) is 7.60. The van der Waals surface area contributed by atoms with E-state index in [1.54, 1.807) is 28.9 Å². The first-order valence-electron chi connectivity index (χ1n) is 9.97. The van der Waals surface area contributed by atoms with E-state index in [-0.39, 0.29) is 11.5 Å². The maximum atomic E-state index is 15.2. The normalized spacial score (nSPS) is 14.6. The molecule has 0 radical (unpaired) electrons. The number of benzene rings is 1. The van der Waals surface area contributed by atoms with Crippen LogP contribution in [-0.2, 0) is 0 Å². The molecule has 4 aromatic rings. The predicted octanol–water partition coefficient (Wildman–Crippen LogP) is 3.93. The maximum Gasteiger partial charge on any atom is 0.173 e. The van der Waals surface area contributed by atoms with E-state index in [1.165, 1.54) is 6.07 Å². The highest BCUT2D eigenvalue weighted by Crippen LogP contribution is 2.31. The lowest BCUT2D eigenvalue weighted by molar-refractivity contribution is 0.586. The summed E-state index contributed by atoms with van der Waals surface area (Å²) in [5.74, 6) is -0.448. The first-order valence-corrected chi connectivity index (χ1v) is 9.97. The van der Waals surface area contributed by atoms with Gasteiger partial charge in [0.15, 0.2) is 11.5 Å². The molecule has 0 unspecified atom stereocenters. The van der Waals surface area contributed by atoms with Gasteiger partial charge in [0, 0.05) is 56.0 Å². The molecule has 1 fully saturated rings. The van der Waals surface area contributed by atoms with Crippen LogP contribution in [0.25, 0.3) is 16.4 Å². The molecule has 30 heavy (non-hydrogen) atoms. The van der Waals surface area contributed by atoms with Gasteiger partial charge in [-0.05, 0) is 37.4 Å². The van der Waals surface area contributed by atoms with Crippen LogP contribution in [0.4, 0.5) is 26.0 Å². The fourth-order valence-corrected chi connectivity index (χ4v) is 3.99. The highest BCUT2D eigenvalue weighted by atomic mass is 19.1. The van der Waals surface area contributed by atoms with Gasteiger partial charge < -0.3 is 15.5 Å². The number of nitrogens with zero attached hydrogens (tertiary/aromatic N) is 4. The van der Waals surface area contributed by atoms with E-state index < -0.39 is 5.82 Å². The maximum absolute atomic E-state index is 15.2. The Hall–Kier alpha value is -3.26. The minimum Gasteiger partial charge on any atom is -0.369 e. The molecular weight excluding hydrogens is 386 g/mol. The van der Waals surface area contributed by atoms with Crippen molar-refractivity contribution in [2.24, 2.45) is 0 Å². The third kappa shape index (κ3) is 3.13. The molecule has 1 saturated heterocycles. The monoisotopic (exact) mass is 408 g/mol. The third-order valence-corrected chi connectivity index (χ3v) is 5.70. The topological polar surface area (TPSA) is 57.5 Å². The number of rotatable bonds is 3. The summed E-state index contributed by atoms with van der Waals surface area (Å²) in [6.45, 7) is 7.15. The Balaban J connectivity index is 1.56. The molecular formula is C22H22F2N6. The first kappa shape index (κ1) is 18.7. The lowest BCUT2D eigenvalue weighted by Gasteiger charge is -2.29. The van der Waals surface area contributed by atoms with Crippen molar-refractivity contribution in [3.63, 3.8) is 0 Å². The summed E-state index contributed by atoms with van der Waals surface area (Å²) < 4.78 is 31.4. The summed E-state index contributed by atoms with van der Waals surface area (Å²) >= 11 is 0. The number of nitrogens with one attached hydrogen (secondary N) is 2. The van der Waals surface area contributed by atoms with Crippen LogP contribution in [-0.4, -0.2) is 40.5 Å². The van der Waals surface area contributed by atoms with E-state index in [9.17, 15) is 4.39 Å². The number of hydrogen-bond acceptors (Lipinski definition) is 5. The molecule has 1 aliphatic rings. The quantitative estimate of drug-likeness (QED) is 0.538. The molecule has 0 aliphatic carbocycles. The zero-order chi connectivity index (χ0) is 20.8. The van der Waals surface area contributed by atoms with Crippen molar-refractivity contribution in [1.29, 1.82) is 0 Å². The van der Waals surface area contributed by atoms with Gasteiger partial charge in [-0.15, -0.1) is 0 Å². The van der Waals surface area contributed by atoms with Gasteiger partial charge in [0.25, 0.3) is 0 Å². The van der Waals surface area contributed by atoms with Crippen LogP contribution in [0.2, 0.25) is 0 Å². The molecule has 1 aromatic carbocycles. The zero-order valence-corrected chi connectivity index (χ0v) is 16.8. The molecule has 0 saturated carbocycles. The minimum absolute atomic E-state index is 0.272. The number of halogens is 2. The SMILES string of the molecule is Cc1nc2c(F)cc(Nc3nccc4cc(N5CCNCC5)cc(F)c34)cn2c1C. The molecule has 3 aromatic heterocycles. The smallest absolute Gasteiger partial charge is 0.173 e. The number of piperazine rings is 1. The van der Waals surface area contributed by atoms with Gasteiger partial charge in [-0.25, -0.2) is 18.7 Å². The van der Waals surface area contributed by atoms with E-state index >= 15 is 4.39 Å². The Bertz CT molecular complexity index is 1260. The van der Waals surface area contributed by atoms with Crippen LogP contribution in [0.15, 0.2) is 36.7 Å². The lowest BCUT2D eigenvalue weighted by Crippen LogP contribution is -2.43. The Labute approximate surface area is 172 Å². The Kier molecular flexibility index (Phi) is 4.51. The summed E-state index contributed by atoms with van der Waals surface area (Å²) in [6.07, 6.45) is 3.38. The molecule has 5 rings (SSSR count). The van der Waals surface area contributed by atoms with E-state index in [0.717, 1.165) is 48.6 Å². The van der Waals surface area contributed by atoms with Crippen LogP contribution in [0.5, 0.6) is 0 Å². The second kappa shape index (κ2) is 7.21. The first-order chi connectivity index (χ1) is 14.5. The summed E-state index contributed by atoms with van der Waals surface area (Å²) in [7, 11) is 0. The summed E-state index contributed by atoms with van der Waals surface area (Å²) in [4.78, 5) is 10.7. The van der Waals surface area contributed by atoms with Crippen molar-refractivity contribution < 1.29 is 8.78 Å². The molecule has 2 N–H and O–H groups in total. The number of anilines is 3. The molecule has 4 heterocycles. The largest absolute Gasteiger partial charge is 0.369 e. The summed E-state index contributed by atoms with van der Waals surface area (Å²) in [6, 6.07) is 6.68. The number of aryl methyl sites for hydroxylation is 2. The zero-order valence-electron chi connectivity index (χ0n) is 16.8. The molecule has 154 valence electrons. The number of fused-ring (bicyclic) bond motifs is 2. The van der Waals surface area contributed by atoms with Crippen molar-refractivity contribution in [3.8, 4) is 0 Å². The van der Waals surface area contributed by atoms with Crippen molar-refractivity contribution in [1.82, 2.24) is 19.7 Å². The molecule has 8 heteroatoms. The summed E-state index contributed by atoms with van der Waals surface area (Å²) in [5.41, 5.74) is 3.22. The van der Waals surface area contributed by atoms with Crippen molar-refractivity contribution in [2.75, 3.05) is 36.4 Å². The highest BCUT2D eigenvalue weighted by Gasteiger charge is 2.17. The standard InChI is InChI=1S/C22H22F2N6/c1-13-14(2)30-12-16(10-19(24)22(30)27-13)28-21-20-15(3-4-26-21)9-17(11-18(20)23)29-7-5-25-6-8-29/h3-4,9-12,25H,5-8H2,1-2H3,(H,26,28). The Morgan fingerprint density at radius 1 is 1.07 bits per heavy atom. The van der Waals surface area contributed by atoms with Crippen molar-refractivity contribution in [2.45, 2.75) is 13.8 Å². The third-order valence-electron chi connectivity index (χ3n) is 5.70. The van der Waals surface area contributed by atoms with E-state index in [2.05, 4.69) is 25.5 Å². The van der Waals surface area contributed by atoms with Crippen LogP contribution in [0, 0.1) is 25.5 Å². The number of hydrogen-bond donors (Lipinski definition) is 2. The van der Waals surface area contributed by atoms with Gasteiger partial charge >= 0.3 is 0 Å². The second-order valence-corrected chi connectivity index (χ2v) is 7.60.